The molecule has 15 heavy (non-hydrogen) atoms. The molecule has 0 rings (SSSR count). The second-order valence-corrected chi connectivity index (χ2v) is 3.39. The first-order chi connectivity index (χ1) is 6.77. The van der Waals surface area contributed by atoms with Crippen LogP contribution in [0.4, 0.5) is 13.2 Å². The number of hydrogen-bond donors (Lipinski definition) is 1. The number of hydrogen-bond acceptors (Lipinski definition) is 3. The van der Waals surface area contributed by atoms with E-state index >= 15 is 0 Å². The molecule has 0 saturated carbocycles. The maximum atomic E-state index is 12.5. The Bertz CT molecular complexity index is 215. The molecular weight excluding hydrogens is 213 g/mol. The molecule has 0 aliphatic heterocycles. The van der Waals surface area contributed by atoms with Crippen molar-refractivity contribution in [3.63, 3.8) is 0 Å². The zero-order chi connectivity index (χ0) is 12.1. The quantitative estimate of drug-likeness (QED) is 0.732. The molecule has 0 aromatic heterocycles. The van der Waals surface area contributed by atoms with Crippen molar-refractivity contribution in [3.05, 3.63) is 0 Å². The van der Waals surface area contributed by atoms with E-state index in [-0.39, 0.29) is 6.42 Å². The lowest BCUT2D eigenvalue weighted by Crippen LogP contribution is -2.47. The molecule has 1 atom stereocenters. The Morgan fingerprint density at radius 3 is 2.27 bits per heavy atom. The molecule has 0 heterocycles. The van der Waals surface area contributed by atoms with Crippen molar-refractivity contribution in [3.8, 4) is 0 Å². The highest BCUT2D eigenvalue weighted by atomic mass is 19.4. The van der Waals surface area contributed by atoms with Gasteiger partial charge in [-0.3, -0.25) is 4.79 Å². The van der Waals surface area contributed by atoms with E-state index in [0.717, 1.165) is 7.11 Å². The van der Waals surface area contributed by atoms with Gasteiger partial charge in [0.25, 0.3) is 0 Å². The molecule has 0 aromatic carbocycles. The summed E-state index contributed by atoms with van der Waals surface area (Å²) in [6.07, 6.45) is -5.63. The first kappa shape index (κ1) is 14.2. The van der Waals surface area contributed by atoms with Gasteiger partial charge in [0, 0.05) is 0 Å². The highest BCUT2D eigenvalue weighted by molar-refractivity contribution is 5.70. The molecular formula is C9H15F3O3. The lowest BCUT2D eigenvalue weighted by molar-refractivity contribution is -0.265. The van der Waals surface area contributed by atoms with E-state index in [0.29, 0.717) is 6.42 Å². The Hall–Kier alpha value is -0.780. The zero-order valence-corrected chi connectivity index (χ0v) is 8.73. The SMILES string of the molecule is CCCC[C@](O)(CC(=O)OC)C(F)(F)F. The molecule has 0 amide bonds. The molecule has 6 heteroatoms. The summed E-state index contributed by atoms with van der Waals surface area (Å²) in [5.74, 6) is -1.06. The topological polar surface area (TPSA) is 46.5 Å². The predicted octanol–water partition coefficient (Wildman–Crippen LogP) is 2.03. The van der Waals surface area contributed by atoms with Crippen molar-refractivity contribution in [1.29, 1.82) is 0 Å². The van der Waals surface area contributed by atoms with Gasteiger partial charge in [-0.1, -0.05) is 19.8 Å². The van der Waals surface area contributed by atoms with Gasteiger partial charge in [0.15, 0.2) is 5.60 Å². The number of rotatable bonds is 5. The second kappa shape index (κ2) is 5.34. The predicted molar refractivity (Wildman–Crippen MR) is 47.2 cm³/mol. The van der Waals surface area contributed by atoms with Gasteiger partial charge in [-0.25, -0.2) is 0 Å². The average Bonchev–Trinajstić information content (AvgIpc) is 2.12. The highest BCUT2D eigenvalue weighted by Crippen LogP contribution is 2.37. The molecule has 0 aromatic rings. The van der Waals surface area contributed by atoms with Crippen molar-refractivity contribution in [2.75, 3.05) is 7.11 Å². The Labute approximate surface area is 86.2 Å². The molecule has 1 N–H and O–H groups in total. The number of carbonyl (C=O) groups excluding carboxylic acids is 1. The van der Waals surface area contributed by atoms with Crippen LogP contribution in [0.15, 0.2) is 0 Å². The second-order valence-electron chi connectivity index (χ2n) is 3.39. The van der Waals surface area contributed by atoms with Gasteiger partial charge in [0.1, 0.15) is 0 Å². The van der Waals surface area contributed by atoms with E-state index in [1.807, 2.05) is 0 Å². The third kappa shape index (κ3) is 4.07. The van der Waals surface area contributed by atoms with Gasteiger partial charge < -0.3 is 9.84 Å². The minimum Gasteiger partial charge on any atom is -0.469 e. The van der Waals surface area contributed by atoms with Gasteiger partial charge in [-0.05, 0) is 6.42 Å². The molecule has 0 saturated heterocycles. The minimum atomic E-state index is -4.81. The first-order valence-electron chi connectivity index (χ1n) is 4.62. The minimum absolute atomic E-state index is 0.201. The normalized spacial score (nSPS) is 15.9. The van der Waals surface area contributed by atoms with Crippen molar-refractivity contribution in [2.24, 2.45) is 0 Å². The van der Waals surface area contributed by atoms with Gasteiger partial charge in [-0.15, -0.1) is 0 Å². The fourth-order valence-electron chi connectivity index (χ4n) is 1.11. The van der Waals surface area contributed by atoms with Crippen LogP contribution in [0.3, 0.4) is 0 Å². The third-order valence-corrected chi connectivity index (χ3v) is 2.14. The molecule has 0 fully saturated rings. The maximum absolute atomic E-state index is 12.5. The van der Waals surface area contributed by atoms with Crippen LogP contribution in [-0.4, -0.2) is 30.0 Å². The van der Waals surface area contributed by atoms with Crippen LogP contribution in [0.25, 0.3) is 0 Å². The van der Waals surface area contributed by atoms with Crippen LogP contribution in [0.1, 0.15) is 32.6 Å². The average molecular weight is 228 g/mol. The molecule has 3 nitrogen and oxygen atoms in total. The molecule has 0 aliphatic carbocycles. The van der Waals surface area contributed by atoms with E-state index in [1.54, 1.807) is 6.92 Å². The fraction of sp³-hybridized carbons (Fsp3) is 0.889. The van der Waals surface area contributed by atoms with Crippen LogP contribution in [0.2, 0.25) is 0 Å². The van der Waals surface area contributed by atoms with Gasteiger partial charge >= 0.3 is 12.1 Å². The summed E-state index contributed by atoms with van der Waals surface area (Å²) < 4.78 is 41.5. The number of methoxy groups -OCH3 is 1. The Balaban J connectivity index is 4.62. The smallest absolute Gasteiger partial charge is 0.417 e. The lowest BCUT2D eigenvalue weighted by Gasteiger charge is -2.29. The number of unbranched alkanes of at least 4 members (excludes halogenated alkanes) is 1. The van der Waals surface area contributed by atoms with Crippen LogP contribution in [0, 0.1) is 0 Å². The number of alkyl halides is 3. The van der Waals surface area contributed by atoms with E-state index in [4.69, 9.17) is 0 Å². The molecule has 90 valence electrons. The monoisotopic (exact) mass is 228 g/mol. The van der Waals surface area contributed by atoms with E-state index in [9.17, 15) is 23.1 Å². The third-order valence-electron chi connectivity index (χ3n) is 2.14. The zero-order valence-electron chi connectivity index (χ0n) is 8.73. The Kier molecular flexibility index (Phi) is 5.07. The van der Waals surface area contributed by atoms with E-state index < -0.39 is 30.6 Å². The summed E-state index contributed by atoms with van der Waals surface area (Å²) in [7, 11) is 0.985. The molecule has 0 bridgehead atoms. The summed E-state index contributed by atoms with van der Waals surface area (Å²) in [5.41, 5.74) is -2.96. The molecule has 0 unspecified atom stereocenters. The van der Waals surface area contributed by atoms with Crippen molar-refractivity contribution in [1.82, 2.24) is 0 Å². The summed E-state index contributed by atoms with van der Waals surface area (Å²) in [4.78, 5) is 10.8. The van der Waals surface area contributed by atoms with E-state index in [2.05, 4.69) is 4.74 Å². The summed E-state index contributed by atoms with van der Waals surface area (Å²) in [6, 6.07) is 0. The fourth-order valence-corrected chi connectivity index (χ4v) is 1.11. The Morgan fingerprint density at radius 1 is 1.40 bits per heavy atom. The number of esters is 1. The summed E-state index contributed by atoms with van der Waals surface area (Å²) >= 11 is 0. The summed E-state index contributed by atoms with van der Waals surface area (Å²) in [5, 5.41) is 9.35. The van der Waals surface area contributed by atoms with Crippen LogP contribution in [0.5, 0.6) is 0 Å². The van der Waals surface area contributed by atoms with Crippen LogP contribution >= 0.6 is 0 Å². The van der Waals surface area contributed by atoms with Gasteiger partial charge in [-0.2, -0.15) is 13.2 Å². The van der Waals surface area contributed by atoms with Gasteiger partial charge in [0.2, 0.25) is 0 Å². The Morgan fingerprint density at radius 2 is 1.93 bits per heavy atom. The first-order valence-corrected chi connectivity index (χ1v) is 4.62. The molecule has 0 spiro atoms. The number of halogens is 3. The largest absolute Gasteiger partial charge is 0.469 e. The summed E-state index contributed by atoms with van der Waals surface area (Å²) in [6.45, 7) is 1.70. The lowest BCUT2D eigenvalue weighted by atomic mass is 9.92. The van der Waals surface area contributed by atoms with Crippen LogP contribution in [-0.2, 0) is 9.53 Å². The maximum Gasteiger partial charge on any atom is 0.417 e. The molecule has 0 aliphatic rings. The van der Waals surface area contributed by atoms with Crippen molar-refractivity contribution < 1.29 is 27.8 Å². The van der Waals surface area contributed by atoms with Gasteiger partial charge in [0.05, 0.1) is 13.5 Å². The number of carbonyl (C=O) groups is 1. The van der Waals surface area contributed by atoms with Crippen LogP contribution < -0.4 is 0 Å². The highest BCUT2D eigenvalue weighted by Gasteiger charge is 2.54. The number of ether oxygens (including phenoxy) is 1. The standard InChI is InChI=1S/C9H15F3O3/c1-3-4-5-8(14,9(10,11)12)6-7(13)15-2/h14H,3-6H2,1-2H3/t8-/m0/s1. The molecule has 0 radical (unpaired) electrons. The van der Waals surface area contributed by atoms with Crippen molar-refractivity contribution in [2.45, 2.75) is 44.4 Å². The van der Waals surface area contributed by atoms with Crippen molar-refractivity contribution >= 4 is 5.97 Å². The van der Waals surface area contributed by atoms with E-state index in [1.165, 1.54) is 0 Å². The number of aliphatic hydroxyl groups is 1.